The summed E-state index contributed by atoms with van der Waals surface area (Å²) in [7, 11) is -3.57. The van der Waals surface area contributed by atoms with Crippen LogP contribution in [0.3, 0.4) is 0 Å². The number of aliphatic carboxylic acids is 1. The first kappa shape index (κ1) is 18.4. The number of sulfonamides is 1. The lowest BCUT2D eigenvalue weighted by atomic mass is 9.96. The number of carbonyl (C=O) groups excluding carboxylic acids is 1. The van der Waals surface area contributed by atoms with Crippen molar-refractivity contribution in [3.8, 4) is 0 Å². The molecule has 142 valence electrons. The fraction of sp³-hybridized carbons (Fsp3) is 0.500. The zero-order chi connectivity index (χ0) is 19.3. The highest BCUT2D eigenvalue weighted by molar-refractivity contribution is 7.90. The molecule has 3 heterocycles. The monoisotopic (exact) mass is 393 g/mol. The number of nitrogens with zero attached hydrogens (tertiary/aromatic N) is 3. The van der Waals surface area contributed by atoms with Gasteiger partial charge in [-0.15, -0.1) is 4.40 Å². The second kappa shape index (κ2) is 6.11. The number of amidine groups is 1. The number of carboxylic acids is 1. The van der Waals surface area contributed by atoms with E-state index in [-0.39, 0.29) is 23.7 Å². The van der Waals surface area contributed by atoms with E-state index in [0.717, 1.165) is 4.90 Å². The molecular formula is C14H14F3N3O5S. The molecule has 1 amide bonds. The highest BCUT2D eigenvalue weighted by Gasteiger charge is 2.53. The van der Waals surface area contributed by atoms with Crippen molar-refractivity contribution in [2.24, 2.45) is 16.2 Å². The Kier molecular flexibility index (Phi) is 4.33. The molecule has 3 aliphatic rings. The highest BCUT2D eigenvalue weighted by atomic mass is 32.2. The van der Waals surface area contributed by atoms with Crippen LogP contribution in [0.25, 0.3) is 0 Å². The third kappa shape index (κ3) is 3.45. The van der Waals surface area contributed by atoms with Gasteiger partial charge in [-0.1, -0.05) is 0 Å². The molecule has 0 saturated carbocycles. The maximum atomic E-state index is 13.0. The van der Waals surface area contributed by atoms with Crippen LogP contribution in [0.1, 0.15) is 0 Å². The Morgan fingerprint density at radius 2 is 1.92 bits per heavy atom. The molecule has 3 rings (SSSR count). The van der Waals surface area contributed by atoms with Gasteiger partial charge in [0.1, 0.15) is 5.84 Å². The summed E-state index contributed by atoms with van der Waals surface area (Å²) >= 11 is 0. The highest BCUT2D eigenvalue weighted by Crippen LogP contribution is 2.38. The van der Waals surface area contributed by atoms with Crippen LogP contribution in [0.4, 0.5) is 13.2 Å². The minimum atomic E-state index is -4.73. The summed E-state index contributed by atoms with van der Waals surface area (Å²) in [6, 6.07) is 0. The summed E-state index contributed by atoms with van der Waals surface area (Å²) < 4.78 is 65.5. The maximum absolute atomic E-state index is 13.0. The van der Waals surface area contributed by atoms with Gasteiger partial charge in [0.15, 0.2) is 0 Å². The molecule has 0 aliphatic carbocycles. The number of rotatable bonds is 2. The SMILES string of the molecule is O=C(O)[C@@H]1CN(C(=O)C2=CN3CCS(=O)(=O)N=C3C=C2)C[C@H]1C(F)(F)F. The molecule has 0 aromatic heterocycles. The number of amides is 1. The van der Waals surface area contributed by atoms with Crippen molar-refractivity contribution in [1.29, 1.82) is 0 Å². The number of fused-ring (bicyclic) bond motifs is 1. The molecule has 1 fully saturated rings. The number of carbonyl (C=O) groups is 2. The molecule has 3 aliphatic heterocycles. The van der Waals surface area contributed by atoms with E-state index < -0.39 is 53.0 Å². The lowest BCUT2D eigenvalue weighted by Gasteiger charge is -2.28. The molecule has 0 bridgehead atoms. The molecule has 1 N–H and O–H groups in total. The summed E-state index contributed by atoms with van der Waals surface area (Å²) in [4.78, 5) is 25.9. The number of carboxylic acid groups (broad SMARTS) is 1. The second-order valence-electron chi connectivity index (χ2n) is 6.15. The second-order valence-corrected chi connectivity index (χ2v) is 7.90. The Balaban J connectivity index is 1.80. The normalized spacial score (nSPS) is 27.7. The summed E-state index contributed by atoms with van der Waals surface area (Å²) in [5, 5.41) is 9.01. The minimum Gasteiger partial charge on any atom is -0.481 e. The van der Waals surface area contributed by atoms with Crippen molar-refractivity contribution >= 4 is 27.7 Å². The predicted octanol–water partition coefficient (Wildman–Crippen LogP) is 0.206. The standard InChI is InChI=1S/C14H14F3N3O5S/c15-14(16,17)10-7-20(6-9(10)13(22)23)12(21)8-1-2-11-18-26(24,25)4-3-19(11)5-8/h1-2,5,9-10H,3-4,6-7H2,(H,22,23)/t9-,10-/m1/s1. The van der Waals surface area contributed by atoms with Crippen LogP contribution in [0.15, 0.2) is 28.3 Å². The molecule has 0 unspecified atom stereocenters. The number of likely N-dealkylation sites (tertiary alicyclic amines) is 1. The van der Waals surface area contributed by atoms with Gasteiger partial charge in [0, 0.05) is 25.8 Å². The molecular weight excluding hydrogens is 379 g/mol. The Morgan fingerprint density at radius 3 is 2.50 bits per heavy atom. The lowest BCUT2D eigenvalue weighted by molar-refractivity contribution is -0.188. The van der Waals surface area contributed by atoms with Crippen molar-refractivity contribution < 1.29 is 36.3 Å². The minimum absolute atomic E-state index is 0.0372. The van der Waals surface area contributed by atoms with Crippen LogP contribution >= 0.6 is 0 Å². The van der Waals surface area contributed by atoms with Crippen LogP contribution < -0.4 is 0 Å². The first-order chi connectivity index (χ1) is 12.0. The molecule has 2 atom stereocenters. The van der Waals surface area contributed by atoms with E-state index >= 15 is 0 Å². The molecule has 8 nitrogen and oxygen atoms in total. The van der Waals surface area contributed by atoms with Gasteiger partial charge >= 0.3 is 12.1 Å². The van der Waals surface area contributed by atoms with Crippen molar-refractivity contribution in [2.45, 2.75) is 6.18 Å². The molecule has 0 spiro atoms. The Morgan fingerprint density at radius 1 is 1.23 bits per heavy atom. The van der Waals surface area contributed by atoms with E-state index in [1.807, 2.05) is 0 Å². The van der Waals surface area contributed by atoms with Crippen molar-refractivity contribution in [2.75, 3.05) is 25.4 Å². The van der Waals surface area contributed by atoms with E-state index in [9.17, 15) is 31.2 Å². The number of alkyl halides is 3. The summed E-state index contributed by atoms with van der Waals surface area (Å²) in [5.41, 5.74) is 0.0372. The van der Waals surface area contributed by atoms with Gasteiger partial charge in [0.2, 0.25) is 0 Å². The molecule has 0 aromatic rings. The summed E-state index contributed by atoms with van der Waals surface area (Å²) in [5.74, 6) is -6.33. The largest absolute Gasteiger partial charge is 0.481 e. The van der Waals surface area contributed by atoms with Gasteiger partial charge in [-0.2, -0.15) is 13.2 Å². The zero-order valence-corrected chi connectivity index (χ0v) is 14.0. The molecule has 26 heavy (non-hydrogen) atoms. The van der Waals surface area contributed by atoms with E-state index in [0.29, 0.717) is 0 Å². The van der Waals surface area contributed by atoms with Gasteiger partial charge < -0.3 is 14.9 Å². The Labute approximate surface area is 146 Å². The van der Waals surface area contributed by atoms with Crippen LogP contribution in [-0.2, 0) is 19.6 Å². The van der Waals surface area contributed by atoms with Crippen LogP contribution in [0.5, 0.6) is 0 Å². The first-order valence-electron chi connectivity index (χ1n) is 7.56. The Hall–Kier alpha value is -2.37. The zero-order valence-electron chi connectivity index (χ0n) is 13.2. The third-order valence-electron chi connectivity index (χ3n) is 4.42. The topological polar surface area (TPSA) is 107 Å². The van der Waals surface area contributed by atoms with E-state index in [1.165, 1.54) is 23.3 Å². The van der Waals surface area contributed by atoms with Gasteiger partial charge in [-0.25, -0.2) is 8.42 Å². The smallest absolute Gasteiger partial charge is 0.394 e. The molecule has 0 aromatic carbocycles. The number of hydrogen-bond acceptors (Lipinski definition) is 5. The number of halogens is 3. The van der Waals surface area contributed by atoms with Gasteiger partial charge in [-0.05, 0) is 12.2 Å². The van der Waals surface area contributed by atoms with Crippen molar-refractivity contribution in [1.82, 2.24) is 9.80 Å². The average Bonchev–Trinajstić information content (AvgIpc) is 2.98. The summed E-state index contributed by atoms with van der Waals surface area (Å²) in [6.45, 7) is -1.22. The van der Waals surface area contributed by atoms with Gasteiger partial charge in [0.05, 0.1) is 23.2 Å². The van der Waals surface area contributed by atoms with Gasteiger partial charge in [0.25, 0.3) is 15.9 Å². The maximum Gasteiger partial charge on any atom is 0.394 e. The van der Waals surface area contributed by atoms with Crippen LogP contribution in [-0.4, -0.2) is 72.6 Å². The van der Waals surface area contributed by atoms with Crippen LogP contribution in [0, 0.1) is 11.8 Å². The average molecular weight is 393 g/mol. The van der Waals surface area contributed by atoms with Crippen LogP contribution in [0.2, 0.25) is 0 Å². The first-order valence-corrected chi connectivity index (χ1v) is 9.17. The van der Waals surface area contributed by atoms with Gasteiger partial charge in [-0.3, -0.25) is 9.59 Å². The molecule has 0 radical (unpaired) electrons. The number of hydrogen-bond donors (Lipinski definition) is 1. The quantitative estimate of drug-likeness (QED) is 0.719. The lowest BCUT2D eigenvalue weighted by Crippen LogP contribution is -2.39. The fourth-order valence-electron chi connectivity index (χ4n) is 3.06. The van der Waals surface area contributed by atoms with E-state index in [2.05, 4.69) is 4.40 Å². The Bertz CT molecular complexity index is 846. The van der Waals surface area contributed by atoms with E-state index in [4.69, 9.17) is 5.11 Å². The fourth-order valence-corrected chi connectivity index (χ4v) is 4.03. The van der Waals surface area contributed by atoms with Crippen molar-refractivity contribution in [3.05, 3.63) is 23.9 Å². The summed E-state index contributed by atoms with van der Waals surface area (Å²) in [6.07, 6.45) is -0.867. The van der Waals surface area contributed by atoms with Crippen molar-refractivity contribution in [3.63, 3.8) is 0 Å². The molecule has 12 heteroatoms. The third-order valence-corrected chi connectivity index (χ3v) is 5.58. The predicted molar refractivity (Wildman–Crippen MR) is 82.4 cm³/mol. The van der Waals surface area contributed by atoms with E-state index in [1.54, 1.807) is 0 Å². The molecule has 1 saturated heterocycles.